The van der Waals surface area contributed by atoms with Crippen molar-refractivity contribution in [3.8, 4) is 0 Å². The Bertz CT molecular complexity index is 809. The van der Waals surface area contributed by atoms with Crippen LogP contribution in [0.25, 0.3) is 0 Å². The van der Waals surface area contributed by atoms with Crippen LogP contribution in [-0.4, -0.2) is 63.0 Å². The number of carbonyl (C=O) groups excluding carboxylic acids is 3. The number of esters is 1. The molecular formula is C18H22F3N3O5S. The Morgan fingerprint density at radius 1 is 1.37 bits per heavy atom. The van der Waals surface area contributed by atoms with Crippen molar-refractivity contribution < 1.29 is 37.1 Å². The molecule has 1 aliphatic heterocycles. The van der Waals surface area contributed by atoms with E-state index in [4.69, 9.17) is 4.74 Å². The summed E-state index contributed by atoms with van der Waals surface area (Å²) in [4.78, 5) is 38.6. The highest BCUT2D eigenvalue weighted by Crippen LogP contribution is 2.29. The molecule has 0 aromatic carbocycles. The molecule has 0 N–H and O–H groups in total. The number of piperidine rings is 1. The van der Waals surface area contributed by atoms with Crippen LogP contribution in [0.1, 0.15) is 25.8 Å². The molecule has 0 amide bonds. The lowest BCUT2D eigenvalue weighted by atomic mass is 10.1. The second-order valence-corrected chi connectivity index (χ2v) is 7.84. The molecule has 2 rings (SSSR count). The lowest BCUT2D eigenvalue weighted by Gasteiger charge is -2.32. The van der Waals surface area contributed by atoms with Crippen LogP contribution in [0.5, 0.6) is 0 Å². The molecule has 0 saturated carbocycles. The molecular weight excluding hydrogens is 427 g/mol. The van der Waals surface area contributed by atoms with E-state index in [0.29, 0.717) is 17.6 Å². The van der Waals surface area contributed by atoms with Crippen LogP contribution >= 0.6 is 11.8 Å². The van der Waals surface area contributed by atoms with Gasteiger partial charge in [-0.1, -0.05) is 17.8 Å². The lowest BCUT2D eigenvalue weighted by Crippen LogP contribution is -2.41. The van der Waals surface area contributed by atoms with E-state index in [1.807, 2.05) is 0 Å². The SMILES string of the molecule is CCOC(=O)Cc1cnn(C/C=C2/CN(OC(=O)C(F)(F)F)CCC2SC(C)=O)c1. The number of hydroxylamine groups is 2. The number of nitrogens with zero attached hydrogens (tertiary/aromatic N) is 3. The van der Waals surface area contributed by atoms with E-state index in [-0.39, 0.29) is 49.0 Å². The minimum absolute atomic E-state index is 0.0519. The number of alkyl halides is 3. The van der Waals surface area contributed by atoms with Crippen molar-refractivity contribution in [3.05, 3.63) is 29.6 Å². The third-order valence-corrected chi connectivity index (χ3v) is 5.20. The van der Waals surface area contributed by atoms with Gasteiger partial charge in [0.15, 0.2) is 5.12 Å². The smallest absolute Gasteiger partial charge is 0.466 e. The standard InChI is InChI=1S/C18H22F3N3O5S/c1-3-28-16(26)8-13-9-22-23(10-13)6-4-14-11-24(29-17(27)18(19,20)21)7-5-15(14)30-12(2)25/h4,9-10,15H,3,5-8,11H2,1-2H3/b14-4-. The van der Waals surface area contributed by atoms with Crippen LogP contribution in [0, 0.1) is 0 Å². The van der Waals surface area contributed by atoms with Gasteiger partial charge in [0, 0.05) is 30.5 Å². The summed E-state index contributed by atoms with van der Waals surface area (Å²) < 4.78 is 43.8. The number of allylic oxidation sites excluding steroid dienone is 1. The molecule has 1 fully saturated rings. The van der Waals surface area contributed by atoms with E-state index in [1.165, 1.54) is 13.1 Å². The number of rotatable bonds is 7. The zero-order chi connectivity index (χ0) is 22.3. The van der Waals surface area contributed by atoms with Gasteiger partial charge in [-0.2, -0.15) is 18.3 Å². The first-order valence-electron chi connectivity index (χ1n) is 9.15. The summed E-state index contributed by atoms with van der Waals surface area (Å²) in [6, 6.07) is 0. The number of thioether (sulfide) groups is 1. The molecule has 166 valence electrons. The van der Waals surface area contributed by atoms with Gasteiger partial charge in [0.2, 0.25) is 0 Å². The fraction of sp³-hybridized carbons (Fsp3) is 0.556. The quantitative estimate of drug-likeness (QED) is 0.463. The second-order valence-electron chi connectivity index (χ2n) is 6.46. The van der Waals surface area contributed by atoms with Crippen LogP contribution in [0.4, 0.5) is 13.2 Å². The average Bonchev–Trinajstić information content (AvgIpc) is 3.08. The zero-order valence-corrected chi connectivity index (χ0v) is 17.3. The van der Waals surface area contributed by atoms with E-state index >= 15 is 0 Å². The van der Waals surface area contributed by atoms with Gasteiger partial charge in [0.05, 0.1) is 32.3 Å². The topological polar surface area (TPSA) is 90.7 Å². The van der Waals surface area contributed by atoms with Crippen molar-refractivity contribution in [1.29, 1.82) is 0 Å². The van der Waals surface area contributed by atoms with Gasteiger partial charge in [-0.05, 0) is 18.9 Å². The second kappa shape index (κ2) is 10.6. The Hall–Kier alpha value is -2.34. The van der Waals surface area contributed by atoms with Gasteiger partial charge in [-0.3, -0.25) is 14.3 Å². The van der Waals surface area contributed by atoms with Crippen molar-refractivity contribution in [2.24, 2.45) is 0 Å². The van der Waals surface area contributed by atoms with E-state index in [9.17, 15) is 27.6 Å². The normalized spacial score (nSPS) is 19.0. The van der Waals surface area contributed by atoms with Gasteiger partial charge < -0.3 is 9.57 Å². The Labute approximate surface area is 175 Å². The monoisotopic (exact) mass is 449 g/mol. The highest BCUT2D eigenvalue weighted by atomic mass is 32.2. The highest BCUT2D eigenvalue weighted by molar-refractivity contribution is 8.14. The van der Waals surface area contributed by atoms with Gasteiger partial charge >= 0.3 is 18.1 Å². The van der Waals surface area contributed by atoms with Crippen molar-refractivity contribution >= 4 is 28.8 Å². The molecule has 8 nitrogen and oxygen atoms in total. The van der Waals surface area contributed by atoms with E-state index < -0.39 is 12.1 Å². The summed E-state index contributed by atoms with van der Waals surface area (Å²) in [7, 11) is 0. The lowest BCUT2D eigenvalue weighted by molar-refractivity contribution is -0.238. The number of aromatic nitrogens is 2. The van der Waals surface area contributed by atoms with Gasteiger partial charge in [0.25, 0.3) is 0 Å². The average molecular weight is 449 g/mol. The molecule has 12 heteroatoms. The fourth-order valence-corrected chi connectivity index (χ4v) is 3.74. The van der Waals surface area contributed by atoms with Crippen molar-refractivity contribution in [2.45, 2.75) is 44.7 Å². The van der Waals surface area contributed by atoms with Crippen LogP contribution in [0.15, 0.2) is 24.0 Å². The van der Waals surface area contributed by atoms with Crippen LogP contribution in [0.3, 0.4) is 0 Å². The Balaban J connectivity index is 2.06. The van der Waals surface area contributed by atoms with Crippen LogP contribution in [-0.2, 0) is 36.9 Å². The predicted octanol–water partition coefficient (Wildman–Crippen LogP) is 2.29. The molecule has 0 radical (unpaired) electrons. The molecule has 0 spiro atoms. The van der Waals surface area contributed by atoms with Crippen molar-refractivity contribution in [1.82, 2.24) is 14.8 Å². The molecule has 1 aliphatic rings. The summed E-state index contributed by atoms with van der Waals surface area (Å²) in [5.41, 5.74) is 1.31. The van der Waals surface area contributed by atoms with Crippen LogP contribution < -0.4 is 0 Å². The first-order chi connectivity index (χ1) is 14.1. The Morgan fingerprint density at radius 3 is 2.73 bits per heavy atom. The summed E-state index contributed by atoms with van der Waals surface area (Å²) in [6.07, 6.45) is 0.248. The van der Waals surface area contributed by atoms with E-state index in [2.05, 4.69) is 9.94 Å². The fourth-order valence-electron chi connectivity index (χ4n) is 2.80. The molecule has 0 bridgehead atoms. The third-order valence-electron chi connectivity index (χ3n) is 4.05. The first kappa shape index (κ1) is 23.9. The number of hydrogen-bond donors (Lipinski definition) is 0. The Kier molecular flexibility index (Phi) is 8.47. The summed E-state index contributed by atoms with van der Waals surface area (Å²) in [6.45, 7) is 3.70. The molecule has 1 saturated heterocycles. The van der Waals surface area contributed by atoms with Gasteiger partial charge in [-0.25, -0.2) is 4.79 Å². The minimum atomic E-state index is -5.08. The molecule has 1 aromatic heterocycles. The van der Waals surface area contributed by atoms with Crippen molar-refractivity contribution in [3.63, 3.8) is 0 Å². The molecule has 1 aromatic rings. The minimum Gasteiger partial charge on any atom is -0.466 e. The predicted molar refractivity (Wildman–Crippen MR) is 101 cm³/mol. The number of carbonyl (C=O) groups is 3. The molecule has 0 aliphatic carbocycles. The molecule has 2 heterocycles. The van der Waals surface area contributed by atoms with Gasteiger partial charge in [0.1, 0.15) is 0 Å². The summed E-state index contributed by atoms with van der Waals surface area (Å²) >= 11 is 1.08. The first-order valence-corrected chi connectivity index (χ1v) is 10.0. The van der Waals surface area contributed by atoms with Crippen LogP contribution in [0.2, 0.25) is 0 Å². The zero-order valence-electron chi connectivity index (χ0n) is 16.5. The largest absolute Gasteiger partial charge is 0.492 e. The highest BCUT2D eigenvalue weighted by Gasteiger charge is 2.43. The maximum absolute atomic E-state index is 12.5. The number of ether oxygens (including phenoxy) is 1. The maximum atomic E-state index is 12.5. The molecule has 1 atom stereocenters. The summed E-state index contributed by atoms with van der Waals surface area (Å²) in [5.74, 6) is -2.65. The number of hydrogen-bond acceptors (Lipinski definition) is 8. The molecule has 30 heavy (non-hydrogen) atoms. The number of halogens is 3. The van der Waals surface area contributed by atoms with Crippen molar-refractivity contribution in [2.75, 3.05) is 19.7 Å². The summed E-state index contributed by atoms with van der Waals surface area (Å²) in [5, 5.41) is 4.72. The van der Waals surface area contributed by atoms with E-state index in [0.717, 1.165) is 16.8 Å². The Morgan fingerprint density at radius 2 is 2.10 bits per heavy atom. The van der Waals surface area contributed by atoms with E-state index in [1.54, 1.807) is 23.9 Å². The third kappa shape index (κ3) is 7.48. The van der Waals surface area contributed by atoms with Gasteiger partial charge in [-0.15, -0.1) is 5.06 Å². The molecule has 1 unspecified atom stereocenters. The maximum Gasteiger partial charge on any atom is 0.492 e.